The second kappa shape index (κ2) is 4.19. The highest BCUT2D eigenvalue weighted by molar-refractivity contribution is 7.09. The molecular formula is C15H20O2S. The Bertz CT molecular complexity index is 451. The summed E-state index contributed by atoms with van der Waals surface area (Å²) >= 11 is 1.75. The van der Waals surface area contributed by atoms with E-state index in [0.717, 1.165) is 6.42 Å². The van der Waals surface area contributed by atoms with E-state index >= 15 is 0 Å². The molecule has 1 saturated heterocycles. The van der Waals surface area contributed by atoms with E-state index in [4.69, 9.17) is 9.47 Å². The predicted octanol–water partition coefficient (Wildman–Crippen LogP) is 3.78. The van der Waals surface area contributed by atoms with Crippen molar-refractivity contribution in [3.63, 3.8) is 0 Å². The van der Waals surface area contributed by atoms with Crippen LogP contribution in [0.3, 0.4) is 0 Å². The molecule has 2 bridgehead atoms. The molecule has 3 rings (SSSR count). The zero-order valence-corrected chi connectivity index (χ0v) is 12.0. The Labute approximate surface area is 113 Å². The van der Waals surface area contributed by atoms with Gasteiger partial charge < -0.3 is 9.47 Å². The lowest BCUT2D eigenvalue weighted by Crippen LogP contribution is -2.35. The quantitative estimate of drug-likeness (QED) is 0.771. The molecule has 98 valence electrons. The van der Waals surface area contributed by atoms with Crippen molar-refractivity contribution < 1.29 is 9.47 Å². The Morgan fingerprint density at radius 2 is 2.33 bits per heavy atom. The van der Waals surface area contributed by atoms with Gasteiger partial charge in [-0.15, -0.1) is 11.3 Å². The molecule has 0 N–H and O–H groups in total. The molecule has 2 aliphatic rings. The third-order valence-electron chi connectivity index (χ3n) is 4.23. The molecule has 1 aromatic heterocycles. The van der Waals surface area contributed by atoms with Gasteiger partial charge in [0, 0.05) is 11.3 Å². The molecule has 0 amide bonds. The summed E-state index contributed by atoms with van der Waals surface area (Å²) in [5, 5.41) is 2.09. The summed E-state index contributed by atoms with van der Waals surface area (Å²) in [4.78, 5) is 1.28. The molecular weight excluding hydrogens is 244 g/mol. The topological polar surface area (TPSA) is 18.5 Å². The highest BCUT2D eigenvalue weighted by atomic mass is 32.1. The van der Waals surface area contributed by atoms with Gasteiger partial charge in [-0.1, -0.05) is 32.1 Å². The van der Waals surface area contributed by atoms with Crippen molar-refractivity contribution in [2.24, 2.45) is 5.92 Å². The highest BCUT2D eigenvalue weighted by Gasteiger charge is 2.57. The fraction of sp³-hybridized carbons (Fsp3) is 0.600. The lowest BCUT2D eigenvalue weighted by molar-refractivity contribution is -0.0817. The van der Waals surface area contributed by atoms with Gasteiger partial charge in [-0.05, 0) is 24.3 Å². The molecule has 2 nitrogen and oxygen atoms in total. The van der Waals surface area contributed by atoms with Crippen LogP contribution in [0.1, 0.15) is 32.1 Å². The van der Waals surface area contributed by atoms with Crippen molar-refractivity contribution >= 4 is 11.3 Å². The summed E-state index contributed by atoms with van der Waals surface area (Å²) in [7, 11) is 0. The fourth-order valence-electron chi connectivity index (χ4n) is 2.91. The Kier molecular flexibility index (Phi) is 2.88. The first-order valence-electron chi connectivity index (χ1n) is 6.59. The number of rotatable bonds is 4. The van der Waals surface area contributed by atoms with Gasteiger partial charge in [-0.2, -0.15) is 0 Å². The number of hydrogen-bond donors (Lipinski definition) is 0. The van der Waals surface area contributed by atoms with Gasteiger partial charge >= 0.3 is 0 Å². The summed E-state index contributed by atoms with van der Waals surface area (Å²) in [6, 6.07) is 4.19. The van der Waals surface area contributed by atoms with E-state index in [1.807, 2.05) is 0 Å². The minimum Gasteiger partial charge on any atom is -0.369 e. The van der Waals surface area contributed by atoms with E-state index in [1.54, 1.807) is 11.3 Å². The minimum atomic E-state index is -0.235. The van der Waals surface area contributed by atoms with E-state index in [2.05, 4.69) is 50.4 Å². The standard InChI is InChI=1S/C15H20O2S/c1-11(2)15-7-6-14(3,17-15)13(9-15)16-10-12-5-4-8-18-12/h4-8,11,13H,9-10H2,1-3H3. The highest BCUT2D eigenvalue weighted by Crippen LogP contribution is 2.50. The molecule has 0 radical (unpaired) electrons. The first kappa shape index (κ1) is 12.4. The van der Waals surface area contributed by atoms with Crippen molar-refractivity contribution in [3.05, 3.63) is 34.5 Å². The molecule has 3 unspecified atom stereocenters. The van der Waals surface area contributed by atoms with Crippen LogP contribution in [-0.2, 0) is 16.1 Å². The fourth-order valence-corrected chi connectivity index (χ4v) is 3.53. The molecule has 0 saturated carbocycles. The molecule has 0 aromatic carbocycles. The average molecular weight is 264 g/mol. The third-order valence-corrected chi connectivity index (χ3v) is 5.08. The van der Waals surface area contributed by atoms with E-state index in [-0.39, 0.29) is 17.3 Å². The largest absolute Gasteiger partial charge is 0.369 e. The smallest absolute Gasteiger partial charge is 0.111 e. The van der Waals surface area contributed by atoms with Gasteiger partial charge in [-0.25, -0.2) is 0 Å². The lowest BCUT2D eigenvalue weighted by Gasteiger charge is -2.27. The van der Waals surface area contributed by atoms with Crippen molar-refractivity contribution in [1.82, 2.24) is 0 Å². The van der Waals surface area contributed by atoms with Crippen LogP contribution in [0.15, 0.2) is 29.7 Å². The summed E-state index contributed by atoms with van der Waals surface area (Å²) in [6.07, 6.45) is 5.58. The second-order valence-electron chi connectivity index (χ2n) is 5.81. The van der Waals surface area contributed by atoms with Crippen molar-refractivity contribution in [3.8, 4) is 0 Å². The van der Waals surface area contributed by atoms with Gasteiger partial charge in [0.05, 0.1) is 18.3 Å². The van der Waals surface area contributed by atoms with Crippen LogP contribution in [0.2, 0.25) is 0 Å². The summed E-state index contributed by atoms with van der Waals surface area (Å²) in [5.74, 6) is 0.492. The molecule has 1 fully saturated rings. The predicted molar refractivity (Wildman–Crippen MR) is 73.7 cm³/mol. The van der Waals surface area contributed by atoms with Gasteiger partial charge in [0.15, 0.2) is 0 Å². The van der Waals surface area contributed by atoms with Crippen molar-refractivity contribution in [2.45, 2.75) is 51.1 Å². The maximum absolute atomic E-state index is 6.26. The Hall–Kier alpha value is -0.640. The zero-order valence-electron chi connectivity index (χ0n) is 11.2. The van der Waals surface area contributed by atoms with Crippen LogP contribution in [-0.4, -0.2) is 17.3 Å². The van der Waals surface area contributed by atoms with E-state index in [0.29, 0.717) is 12.5 Å². The summed E-state index contributed by atoms with van der Waals surface area (Å²) in [5.41, 5.74) is -0.337. The van der Waals surface area contributed by atoms with E-state index < -0.39 is 0 Å². The van der Waals surface area contributed by atoms with Crippen LogP contribution >= 0.6 is 11.3 Å². The maximum atomic E-state index is 6.26. The SMILES string of the molecule is CC(C)C12C=CC(C)(O1)C(OCc1cccs1)C2. The number of fused-ring (bicyclic) bond motifs is 2. The molecule has 1 aromatic rings. The number of ether oxygens (including phenoxy) is 2. The molecule has 2 aliphatic heterocycles. The molecule has 3 atom stereocenters. The van der Waals surface area contributed by atoms with Crippen LogP contribution in [0.25, 0.3) is 0 Å². The summed E-state index contributed by atoms with van der Waals surface area (Å²) in [6.45, 7) is 7.28. The second-order valence-corrected chi connectivity index (χ2v) is 6.84. The first-order valence-corrected chi connectivity index (χ1v) is 7.47. The number of hydrogen-bond acceptors (Lipinski definition) is 3. The van der Waals surface area contributed by atoms with Gasteiger partial charge in [-0.3, -0.25) is 0 Å². The lowest BCUT2D eigenvalue weighted by atomic mass is 9.81. The van der Waals surface area contributed by atoms with Crippen LogP contribution in [0.4, 0.5) is 0 Å². The Morgan fingerprint density at radius 1 is 1.50 bits per heavy atom. The Balaban J connectivity index is 1.70. The summed E-state index contributed by atoms with van der Waals surface area (Å²) < 4.78 is 12.4. The maximum Gasteiger partial charge on any atom is 0.111 e. The molecule has 0 spiro atoms. The third kappa shape index (κ3) is 1.85. The monoisotopic (exact) mass is 264 g/mol. The molecule has 3 heteroatoms. The average Bonchev–Trinajstić information content (AvgIpc) is 2.98. The van der Waals surface area contributed by atoms with E-state index in [9.17, 15) is 0 Å². The first-order chi connectivity index (χ1) is 8.54. The van der Waals surface area contributed by atoms with Crippen LogP contribution in [0, 0.1) is 5.92 Å². The van der Waals surface area contributed by atoms with Gasteiger partial charge in [0.2, 0.25) is 0 Å². The van der Waals surface area contributed by atoms with Gasteiger partial charge in [0.1, 0.15) is 5.60 Å². The molecule has 18 heavy (non-hydrogen) atoms. The molecule has 3 heterocycles. The Morgan fingerprint density at radius 3 is 2.94 bits per heavy atom. The van der Waals surface area contributed by atoms with Crippen molar-refractivity contribution in [2.75, 3.05) is 0 Å². The minimum absolute atomic E-state index is 0.102. The van der Waals surface area contributed by atoms with Crippen molar-refractivity contribution in [1.29, 1.82) is 0 Å². The van der Waals surface area contributed by atoms with E-state index in [1.165, 1.54) is 4.88 Å². The normalized spacial score (nSPS) is 37.9. The van der Waals surface area contributed by atoms with Crippen LogP contribution in [0.5, 0.6) is 0 Å². The number of thiophene rings is 1. The van der Waals surface area contributed by atoms with Crippen LogP contribution < -0.4 is 0 Å². The van der Waals surface area contributed by atoms with Gasteiger partial charge in [0.25, 0.3) is 0 Å². The zero-order chi connectivity index (χ0) is 12.8. The molecule has 0 aliphatic carbocycles.